The van der Waals surface area contributed by atoms with E-state index < -0.39 is 0 Å². The van der Waals surface area contributed by atoms with Crippen LogP contribution in [0.4, 0.5) is 0 Å². The normalized spacial score (nSPS) is 11.7. The molecule has 4 aromatic rings. The SMILES string of the molecule is Cc1ccc2c(c1)c(=O)[nH]c1c2c2ccccc2n1C. The highest BCUT2D eigenvalue weighted by atomic mass is 16.1. The van der Waals surface area contributed by atoms with Crippen molar-refractivity contribution in [1.82, 2.24) is 9.55 Å². The Balaban J connectivity index is 2.42. The molecule has 20 heavy (non-hydrogen) atoms. The van der Waals surface area contributed by atoms with Gasteiger partial charge in [-0.3, -0.25) is 4.79 Å². The average molecular weight is 262 g/mol. The topological polar surface area (TPSA) is 37.8 Å². The first-order valence-electron chi connectivity index (χ1n) is 6.66. The van der Waals surface area contributed by atoms with Gasteiger partial charge in [-0.1, -0.05) is 35.9 Å². The largest absolute Gasteiger partial charge is 0.330 e. The monoisotopic (exact) mass is 262 g/mol. The van der Waals surface area contributed by atoms with Crippen molar-refractivity contribution < 1.29 is 0 Å². The fraction of sp³-hybridized carbons (Fsp3) is 0.118. The molecule has 2 aromatic heterocycles. The molecule has 0 aliphatic rings. The molecule has 0 fully saturated rings. The van der Waals surface area contributed by atoms with Crippen LogP contribution in [0.15, 0.2) is 47.3 Å². The van der Waals surface area contributed by atoms with Gasteiger partial charge in [0, 0.05) is 23.2 Å². The van der Waals surface area contributed by atoms with Gasteiger partial charge in [-0.2, -0.15) is 0 Å². The Morgan fingerprint density at radius 1 is 1.00 bits per heavy atom. The van der Waals surface area contributed by atoms with E-state index in [0.717, 1.165) is 32.9 Å². The maximum atomic E-state index is 12.3. The molecule has 4 rings (SSSR count). The summed E-state index contributed by atoms with van der Waals surface area (Å²) < 4.78 is 2.05. The molecule has 0 aliphatic carbocycles. The van der Waals surface area contributed by atoms with Crippen molar-refractivity contribution in [3.63, 3.8) is 0 Å². The summed E-state index contributed by atoms with van der Waals surface area (Å²) >= 11 is 0. The third-order valence-corrected chi connectivity index (χ3v) is 4.03. The molecule has 3 nitrogen and oxygen atoms in total. The van der Waals surface area contributed by atoms with Gasteiger partial charge in [0.25, 0.3) is 5.56 Å². The number of H-pyrrole nitrogens is 1. The van der Waals surface area contributed by atoms with Gasteiger partial charge in [-0.15, -0.1) is 0 Å². The molecule has 0 atom stereocenters. The first-order chi connectivity index (χ1) is 9.66. The van der Waals surface area contributed by atoms with E-state index in [4.69, 9.17) is 0 Å². The zero-order valence-corrected chi connectivity index (χ0v) is 11.4. The second-order valence-electron chi connectivity index (χ2n) is 5.30. The van der Waals surface area contributed by atoms with Crippen LogP contribution >= 0.6 is 0 Å². The molecule has 2 heterocycles. The van der Waals surface area contributed by atoms with Crippen molar-refractivity contribution in [1.29, 1.82) is 0 Å². The second kappa shape index (κ2) is 3.73. The molecular weight excluding hydrogens is 248 g/mol. The molecule has 1 N–H and O–H groups in total. The number of hydrogen-bond acceptors (Lipinski definition) is 1. The third kappa shape index (κ3) is 1.32. The summed E-state index contributed by atoms with van der Waals surface area (Å²) in [5, 5.41) is 4.08. The standard InChI is InChI=1S/C17H14N2O/c1-10-7-8-11-13(9-10)17(20)18-16-15(11)12-5-3-4-6-14(12)19(16)2/h3-9H,1-2H3,(H,18,20). The summed E-state index contributed by atoms with van der Waals surface area (Å²) in [6, 6.07) is 14.3. The van der Waals surface area contributed by atoms with Crippen LogP contribution in [-0.2, 0) is 7.05 Å². The van der Waals surface area contributed by atoms with E-state index in [0.29, 0.717) is 0 Å². The molecule has 0 radical (unpaired) electrons. The van der Waals surface area contributed by atoms with Gasteiger partial charge in [0.1, 0.15) is 5.65 Å². The zero-order valence-electron chi connectivity index (χ0n) is 11.4. The van der Waals surface area contributed by atoms with Crippen molar-refractivity contribution in [3.05, 3.63) is 58.4 Å². The van der Waals surface area contributed by atoms with Crippen molar-refractivity contribution in [2.75, 3.05) is 0 Å². The fourth-order valence-corrected chi connectivity index (χ4v) is 3.05. The lowest BCUT2D eigenvalue weighted by Crippen LogP contribution is -2.07. The van der Waals surface area contributed by atoms with Gasteiger partial charge in [0.2, 0.25) is 0 Å². The van der Waals surface area contributed by atoms with Crippen LogP contribution in [0.3, 0.4) is 0 Å². The number of para-hydroxylation sites is 1. The van der Waals surface area contributed by atoms with Gasteiger partial charge in [0.15, 0.2) is 0 Å². The highest BCUT2D eigenvalue weighted by molar-refractivity contribution is 6.19. The Hall–Kier alpha value is -2.55. The summed E-state index contributed by atoms with van der Waals surface area (Å²) in [6.07, 6.45) is 0. The molecule has 0 saturated carbocycles. The Morgan fingerprint density at radius 3 is 2.65 bits per heavy atom. The molecule has 2 aromatic carbocycles. The third-order valence-electron chi connectivity index (χ3n) is 4.03. The predicted octanol–water partition coefficient (Wildman–Crippen LogP) is 3.48. The van der Waals surface area contributed by atoms with Crippen LogP contribution in [0.2, 0.25) is 0 Å². The summed E-state index contributed by atoms with van der Waals surface area (Å²) in [7, 11) is 1.99. The molecule has 0 amide bonds. The van der Waals surface area contributed by atoms with E-state index in [1.165, 1.54) is 5.39 Å². The number of aromatic nitrogens is 2. The van der Waals surface area contributed by atoms with Crippen LogP contribution in [0.5, 0.6) is 0 Å². The van der Waals surface area contributed by atoms with Gasteiger partial charge in [-0.25, -0.2) is 0 Å². The smallest absolute Gasteiger partial charge is 0.257 e. The average Bonchev–Trinajstić information content (AvgIpc) is 2.73. The van der Waals surface area contributed by atoms with E-state index in [1.54, 1.807) is 0 Å². The number of benzene rings is 2. The Kier molecular flexibility index (Phi) is 2.11. The van der Waals surface area contributed by atoms with E-state index in [-0.39, 0.29) is 5.56 Å². The van der Waals surface area contributed by atoms with Crippen LogP contribution in [-0.4, -0.2) is 9.55 Å². The minimum atomic E-state index is -0.0258. The summed E-state index contributed by atoms with van der Waals surface area (Å²) in [5.41, 5.74) is 3.09. The Labute approximate surface area is 115 Å². The van der Waals surface area contributed by atoms with E-state index in [2.05, 4.69) is 29.2 Å². The first-order valence-corrected chi connectivity index (χ1v) is 6.66. The molecular formula is C17H14N2O. The highest BCUT2D eigenvalue weighted by Crippen LogP contribution is 2.31. The molecule has 0 aliphatic heterocycles. The van der Waals surface area contributed by atoms with Crippen molar-refractivity contribution in [3.8, 4) is 0 Å². The van der Waals surface area contributed by atoms with Crippen molar-refractivity contribution >= 4 is 32.7 Å². The lowest BCUT2D eigenvalue weighted by Gasteiger charge is -2.02. The van der Waals surface area contributed by atoms with Gasteiger partial charge in [-0.05, 0) is 24.4 Å². The van der Waals surface area contributed by atoms with Crippen LogP contribution < -0.4 is 5.56 Å². The summed E-state index contributed by atoms with van der Waals surface area (Å²) in [6.45, 7) is 2.01. The van der Waals surface area contributed by atoms with Crippen molar-refractivity contribution in [2.45, 2.75) is 6.92 Å². The summed E-state index contributed by atoms with van der Waals surface area (Å²) in [4.78, 5) is 15.3. The van der Waals surface area contributed by atoms with Crippen molar-refractivity contribution in [2.24, 2.45) is 7.05 Å². The second-order valence-corrected chi connectivity index (χ2v) is 5.30. The van der Waals surface area contributed by atoms with Gasteiger partial charge >= 0.3 is 0 Å². The molecule has 98 valence electrons. The predicted molar refractivity (Wildman–Crippen MR) is 83.3 cm³/mol. The molecule has 0 spiro atoms. The molecule has 0 bridgehead atoms. The van der Waals surface area contributed by atoms with E-state index in [9.17, 15) is 4.79 Å². The van der Waals surface area contributed by atoms with Crippen LogP contribution in [0.1, 0.15) is 5.56 Å². The minimum absolute atomic E-state index is 0.0258. The molecule has 0 saturated heterocycles. The quantitative estimate of drug-likeness (QED) is 0.517. The maximum absolute atomic E-state index is 12.3. The van der Waals surface area contributed by atoms with E-state index in [1.807, 2.05) is 36.7 Å². The number of pyridine rings is 1. The lowest BCUT2D eigenvalue weighted by atomic mass is 10.0. The van der Waals surface area contributed by atoms with Gasteiger partial charge in [0.05, 0.1) is 5.52 Å². The number of aromatic amines is 1. The minimum Gasteiger partial charge on any atom is -0.330 e. The zero-order chi connectivity index (χ0) is 13.9. The number of rotatable bonds is 0. The van der Waals surface area contributed by atoms with Crippen LogP contribution in [0, 0.1) is 6.92 Å². The number of hydrogen-bond donors (Lipinski definition) is 1. The van der Waals surface area contributed by atoms with E-state index >= 15 is 0 Å². The summed E-state index contributed by atoms with van der Waals surface area (Å²) in [5.74, 6) is 0. The highest BCUT2D eigenvalue weighted by Gasteiger charge is 2.13. The maximum Gasteiger partial charge on any atom is 0.257 e. The number of fused-ring (bicyclic) bond motifs is 5. The number of nitrogens with zero attached hydrogens (tertiary/aromatic N) is 1. The number of nitrogens with one attached hydrogen (secondary N) is 1. The Bertz CT molecular complexity index is 1040. The lowest BCUT2D eigenvalue weighted by molar-refractivity contribution is 0.986. The first kappa shape index (κ1) is 11.3. The fourth-order valence-electron chi connectivity index (χ4n) is 3.05. The number of aryl methyl sites for hydroxylation is 2. The van der Waals surface area contributed by atoms with Crippen LogP contribution in [0.25, 0.3) is 32.7 Å². The molecule has 3 heteroatoms. The van der Waals surface area contributed by atoms with Gasteiger partial charge < -0.3 is 9.55 Å². The molecule has 0 unspecified atom stereocenters. The Morgan fingerprint density at radius 2 is 1.80 bits per heavy atom.